The highest BCUT2D eigenvalue weighted by molar-refractivity contribution is 9.10. The minimum Gasteiger partial charge on any atom is -0.303 e. The molecule has 78 valence electrons. The topological polar surface area (TPSA) is 51.2 Å². The van der Waals surface area contributed by atoms with Crippen molar-refractivity contribution in [2.24, 2.45) is 0 Å². The lowest BCUT2D eigenvalue weighted by molar-refractivity contribution is -0.107. The first-order valence-corrected chi connectivity index (χ1v) is 6.52. The maximum absolute atomic E-state index is 11.9. The lowest BCUT2D eigenvalue weighted by Crippen LogP contribution is -2.01. The van der Waals surface area contributed by atoms with Crippen molar-refractivity contribution in [3.63, 3.8) is 0 Å². The molecule has 0 radical (unpaired) electrons. The first-order valence-electron chi connectivity index (χ1n) is 4.24. The Labute approximate surface area is 95.9 Å². The van der Waals surface area contributed by atoms with Crippen LogP contribution in [-0.4, -0.2) is 14.7 Å². The third-order valence-corrected chi connectivity index (χ3v) is 4.61. The molecule has 0 N–H and O–H groups in total. The zero-order valence-electron chi connectivity index (χ0n) is 7.60. The van der Waals surface area contributed by atoms with Crippen LogP contribution in [0.1, 0.15) is 12.0 Å². The Morgan fingerprint density at radius 3 is 2.73 bits per heavy atom. The highest BCUT2D eigenvalue weighted by atomic mass is 79.9. The van der Waals surface area contributed by atoms with Crippen molar-refractivity contribution in [2.45, 2.75) is 11.3 Å². The van der Waals surface area contributed by atoms with Gasteiger partial charge in [-0.15, -0.1) is 0 Å². The van der Waals surface area contributed by atoms with Gasteiger partial charge in [0, 0.05) is 10.9 Å². The van der Waals surface area contributed by atoms with Gasteiger partial charge in [-0.25, -0.2) is 8.42 Å². The van der Waals surface area contributed by atoms with Crippen molar-refractivity contribution in [3.05, 3.63) is 33.1 Å². The largest absolute Gasteiger partial charge is 0.303 e. The Bertz CT molecular complexity index is 558. The van der Waals surface area contributed by atoms with Crippen LogP contribution in [-0.2, 0) is 14.6 Å². The molecule has 0 spiro atoms. The molecule has 0 saturated heterocycles. The molecular formula is C10H7BrO3S. The van der Waals surface area contributed by atoms with Crippen molar-refractivity contribution >= 4 is 38.1 Å². The predicted molar refractivity (Wildman–Crippen MR) is 60.0 cm³/mol. The number of fused-ring (bicyclic) bond motifs is 1. The van der Waals surface area contributed by atoms with Crippen LogP contribution in [0.4, 0.5) is 0 Å². The van der Waals surface area contributed by atoms with Crippen LogP contribution in [0.2, 0.25) is 0 Å². The van der Waals surface area contributed by atoms with Crippen molar-refractivity contribution in [3.8, 4) is 0 Å². The average Bonchev–Trinajstić information content (AvgIpc) is 2.41. The van der Waals surface area contributed by atoms with Gasteiger partial charge >= 0.3 is 0 Å². The molecular weight excluding hydrogens is 280 g/mol. The van der Waals surface area contributed by atoms with Crippen LogP contribution >= 0.6 is 15.9 Å². The summed E-state index contributed by atoms with van der Waals surface area (Å²) < 4.78 is 24.5. The zero-order valence-corrected chi connectivity index (χ0v) is 10.0. The van der Waals surface area contributed by atoms with E-state index in [4.69, 9.17) is 0 Å². The van der Waals surface area contributed by atoms with Gasteiger partial charge in [0.15, 0.2) is 0 Å². The number of hydrogen-bond acceptors (Lipinski definition) is 3. The van der Waals surface area contributed by atoms with Crippen LogP contribution in [0.3, 0.4) is 0 Å². The number of benzene rings is 1. The van der Waals surface area contributed by atoms with Gasteiger partial charge in [0.05, 0.1) is 9.80 Å². The van der Waals surface area contributed by atoms with Crippen LogP contribution < -0.4 is 0 Å². The fraction of sp³-hybridized carbons (Fsp3) is 0.100. The molecule has 15 heavy (non-hydrogen) atoms. The van der Waals surface area contributed by atoms with Crippen LogP contribution in [0.15, 0.2) is 32.5 Å². The van der Waals surface area contributed by atoms with Crippen LogP contribution in [0.25, 0.3) is 6.08 Å². The quantitative estimate of drug-likeness (QED) is 0.783. The fourth-order valence-corrected chi connectivity index (χ4v) is 3.59. The summed E-state index contributed by atoms with van der Waals surface area (Å²) in [6.45, 7) is 0. The van der Waals surface area contributed by atoms with E-state index in [1.807, 2.05) is 0 Å². The molecule has 0 atom stereocenters. The smallest absolute Gasteiger partial charge is 0.203 e. The summed E-state index contributed by atoms with van der Waals surface area (Å²) in [7, 11) is -3.43. The Morgan fingerprint density at radius 1 is 1.33 bits per heavy atom. The molecule has 5 heteroatoms. The summed E-state index contributed by atoms with van der Waals surface area (Å²) in [5.41, 5.74) is 0.648. The summed E-state index contributed by atoms with van der Waals surface area (Å²) in [6.07, 6.45) is 2.09. The SMILES string of the molecule is O=CCC1=Cc2ccc(Br)cc2S1(=O)=O. The second-order valence-electron chi connectivity index (χ2n) is 3.17. The molecule has 0 amide bonds. The van der Waals surface area contributed by atoms with Crippen LogP contribution in [0.5, 0.6) is 0 Å². The standard InChI is InChI=1S/C10H7BrO3S/c11-8-2-1-7-5-9(3-4-12)15(13,14)10(7)6-8/h1-2,4-6H,3H2. The number of hydrogen-bond donors (Lipinski definition) is 0. The lowest BCUT2D eigenvalue weighted by Gasteiger charge is -2.00. The first kappa shape index (κ1) is 10.6. The van der Waals surface area contributed by atoms with E-state index in [-0.39, 0.29) is 16.2 Å². The molecule has 1 heterocycles. The summed E-state index contributed by atoms with van der Waals surface area (Å²) >= 11 is 3.22. The number of carbonyl (C=O) groups is 1. The minimum atomic E-state index is -3.43. The van der Waals surface area contributed by atoms with E-state index >= 15 is 0 Å². The van der Waals surface area contributed by atoms with E-state index in [1.54, 1.807) is 24.3 Å². The van der Waals surface area contributed by atoms with Gasteiger partial charge in [-0.2, -0.15) is 0 Å². The van der Waals surface area contributed by atoms with Crippen molar-refractivity contribution in [1.29, 1.82) is 0 Å². The molecule has 0 aromatic heterocycles. The number of allylic oxidation sites excluding steroid dienone is 1. The predicted octanol–water partition coefficient (Wildman–Crippen LogP) is 2.17. The summed E-state index contributed by atoms with van der Waals surface area (Å²) in [6, 6.07) is 5.04. The second kappa shape index (κ2) is 3.57. The molecule has 0 unspecified atom stereocenters. The van der Waals surface area contributed by atoms with Crippen molar-refractivity contribution in [2.75, 3.05) is 0 Å². The number of halogens is 1. The minimum absolute atomic E-state index is 0.0609. The van der Waals surface area contributed by atoms with Crippen molar-refractivity contribution in [1.82, 2.24) is 0 Å². The number of aldehydes is 1. The normalized spacial score (nSPS) is 17.0. The first-order chi connectivity index (χ1) is 7.05. The van der Waals surface area contributed by atoms with Gasteiger partial charge < -0.3 is 4.79 Å². The van der Waals surface area contributed by atoms with Gasteiger partial charge in [0.25, 0.3) is 0 Å². The monoisotopic (exact) mass is 286 g/mol. The fourth-order valence-electron chi connectivity index (χ4n) is 1.50. The van der Waals surface area contributed by atoms with E-state index in [0.29, 0.717) is 16.3 Å². The van der Waals surface area contributed by atoms with Crippen LogP contribution in [0, 0.1) is 0 Å². The Morgan fingerprint density at radius 2 is 2.07 bits per heavy atom. The third-order valence-electron chi connectivity index (χ3n) is 2.21. The molecule has 0 aliphatic carbocycles. The highest BCUT2D eigenvalue weighted by Gasteiger charge is 2.28. The second-order valence-corrected chi connectivity index (χ2v) is 6.05. The molecule has 1 aliphatic rings. The lowest BCUT2D eigenvalue weighted by atomic mass is 10.2. The average molecular weight is 287 g/mol. The molecule has 1 aromatic carbocycles. The molecule has 3 nitrogen and oxygen atoms in total. The van der Waals surface area contributed by atoms with Gasteiger partial charge in [-0.3, -0.25) is 0 Å². The summed E-state index contributed by atoms with van der Waals surface area (Å²) in [5, 5.41) is 0. The van der Waals surface area contributed by atoms with Gasteiger partial charge in [0.1, 0.15) is 6.29 Å². The van der Waals surface area contributed by atoms with E-state index in [1.165, 1.54) is 0 Å². The van der Waals surface area contributed by atoms with Gasteiger partial charge in [-0.1, -0.05) is 22.0 Å². The van der Waals surface area contributed by atoms with Crippen molar-refractivity contribution < 1.29 is 13.2 Å². The Hall–Kier alpha value is -0.940. The number of carbonyl (C=O) groups excluding carboxylic acids is 1. The molecule has 1 aromatic rings. The Balaban J connectivity index is 2.63. The van der Waals surface area contributed by atoms with E-state index in [0.717, 1.165) is 0 Å². The third kappa shape index (κ3) is 1.66. The van der Waals surface area contributed by atoms with E-state index in [2.05, 4.69) is 15.9 Å². The summed E-state index contributed by atoms with van der Waals surface area (Å²) in [4.78, 5) is 10.8. The number of sulfone groups is 1. The maximum Gasteiger partial charge on any atom is 0.203 e. The molecule has 0 saturated carbocycles. The van der Waals surface area contributed by atoms with Gasteiger partial charge in [-0.05, 0) is 23.8 Å². The molecule has 0 bridgehead atoms. The molecule has 1 aliphatic heterocycles. The molecule has 0 fully saturated rings. The summed E-state index contributed by atoms with van der Waals surface area (Å²) in [5.74, 6) is 0. The van der Waals surface area contributed by atoms with E-state index in [9.17, 15) is 13.2 Å². The Kier molecular flexibility index (Phi) is 2.52. The van der Waals surface area contributed by atoms with Gasteiger partial charge in [0.2, 0.25) is 9.84 Å². The molecule has 2 rings (SSSR count). The zero-order chi connectivity index (χ0) is 11.1. The maximum atomic E-state index is 11.9. The van der Waals surface area contributed by atoms with E-state index < -0.39 is 9.84 Å². The highest BCUT2D eigenvalue weighted by Crippen LogP contribution is 2.35. The number of rotatable bonds is 2.